The first kappa shape index (κ1) is 13.4. The Balaban J connectivity index is 2.84. The Bertz CT molecular complexity index is 378. The van der Waals surface area contributed by atoms with Crippen molar-refractivity contribution in [3.05, 3.63) is 28.4 Å². The van der Waals surface area contributed by atoms with Crippen LogP contribution in [0.1, 0.15) is 33.6 Å². The molecule has 0 aliphatic rings. The van der Waals surface area contributed by atoms with Gasteiger partial charge in [0, 0.05) is 6.04 Å². The SMILES string of the molecule is CCC(CC)C(C)Nc1cccnc1[N+](=O)[O-]. The molecule has 1 aromatic heterocycles. The summed E-state index contributed by atoms with van der Waals surface area (Å²) in [6.45, 7) is 6.31. The molecule has 17 heavy (non-hydrogen) atoms. The van der Waals surface area contributed by atoms with E-state index in [1.54, 1.807) is 12.1 Å². The maximum atomic E-state index is 10.8. The quantitative estimate of drug-likeness (QED) is 0.609. The molecule has 0 bridgehead atoms. The van der Waals surface area contributed by atoms with Gasteiger partial charge in [0.15, 0.2) is 0 Å². The van der Waals surface area contributed by atoms with Crippen molar-refractivity contribution in [3.63, 3.8) is 0 Å². The lowest BCUT2D eigenvalue weighted by molar-refractivity contribution is -0.388. The average Bonchev–Trinajstić information content (AvgIpc) is 2.31. The minimum Gasteiger partial charge on any atom is -0.375 e. The van der Waals surface area contributed by atoms with Crippen molar-refractivity contribution in [3.8, 4) is 0 Å². The van der Waals surface area contributed by atoms with E-state index in [1.807, 2.05) is 6.92 Å². The van der Waals surface area contributed by atoms with Crippen molar-refractivity contribution < 1.29 is 4.92 Å². The summed E-state index contributed by atoms with van der Waals surface area (Å²) in [6, 6.07) is 3.60. The Labute approximate surface area is 101 Å². The van der Waals surface area contributed by atoms with Crippen LogP contribution in [-0.2, 0) is 0 Å². The van der Waals surface area contributed by atoms with E-state index in [-0.39, 0.29) is 11.9 Å². The maximum absolute atomic E-state index is 10.8. The largest absolute Gasteiger partial charge is 0.386 e. The summed E-state index contributed by atoms with van der Waals surface area (Å²) >= 11 is 0. The smallest absolute Gasteiger partial charge is 0.375 e. The fourth-order valence-corrected chi connectivity index (χ4v) is 2.01. The van der Waals surface area contributed by atoms with Gasteiger partial charge in [0.05, 0.1) is 0 Å². The van der Waals surface area contributed by atoms with Crippen molar-refractivity contribution in [1.29, 1.82) is 0 Å². The molecule has 1 unspecified atom stereocenters. The Morgan fingerprint density at radius 1 is 1.47 bits per heavy atom. The first-order chi connectivity index (χ1) is 8.10. The van der Waals surface area contributed by atoms with Crippen LogP contribution in [0.3, 0.4) is 0 Å². The highest BCUT2D eigenvalue weighted by atomic mass is 16.6. The molecule has 0 fully saturated rings. The van der Waals surface area contributed by atoms with E-state index < -0.39 is 4.92 Å². The van der Waals surface area contributed by atoms with Crippen LogP contribution in [0.2, 0.25) is 0 Å². The van der Waals surface area contributed by atoms with Crippen LogP contribution in [-0.4, -0.2) is 15.9 Å². The third-order valence-electron chi connectivity index (χ3n) is 3.10. The van der Waals surface area contributed by atoms with Gasteiger partial charge >= 0.3 is 5.82 Å². The summed E-state index contributed by atoms with van der Waals surface area (Å²) < 4.78 is 0. The van der Waals surface area contributed by atoms with Gasteiger partial charge < -0.3 is 15.4 Å². The Hall–Kier alpha value is -1.65. The van der Waals surface area contributed by atoms with E-state index in [0.717, 1.165) is 12.8 Å². The zero-order chi connectivity index (χ0) is 12.8. The molecule has 1 N–H and O–H groups in total. The number of nitrogens with zero attached hydrogens (tertiary/aromatic N) is 2. The first-order valence-electron chi connectivity index (χ1n) is 5.96. The van der Waals surface area contributed by atoms with Crippen LogP contribution in [0, 0.1) is 16.0 Å². The summed E-state index contributed by atoms with van der Waals surface area (Å²) in [4.78, 5) is 14.1. The predicted molar refractivity (Wildman–Crippen MR) is 68.0 cm³/mol. The highest BCUT2D eigenvalue weighted by Crippen LogP contribution is 2.24. The molecule has 0 amide bonds. The Morgan fingerprint density at radius 2 is 2.12 bits per heavy atom. The lowest BCUT2D eigenvalue weighted by atomic mass is 9.95. The molecular weight excluding hydrogens is 218 g/mol. The molecule has 0 aliphatic carbocycles. The van der Waals surface area contributed by atoms with Gasteiger partial charge in [-0.25, -0.2) is 0 Å². The van der Waals surface area contributed by atoms with E-state index in [2.05, 4.69) is 24.1 Å². The normalized spacial score (nSPS) is 12.5. The van der Waals surface area contributed by atoms with E-state index in [1.165, 1.54) is 6.20 Å². The third kappa shape index (κ3) is 3.41. The van der Waals surface area contributed by atoms with Gasteiger partial charge in [-0.15, -0.1) is 0 Å². The molecule has 1 aromatic rings. The van der Waals surface area contributed by atoms with Crippen LogP contribution in [0.4, 0.5) is 11.5 Å². The second-order valence-electron chi connectivity index (χ2n) is 4.14. The van der Waals surface area contributed by atoms with Crippen molar-refractivity contribution in [1.82, 2.24) is 4.98 Å². The number of nitro groups is 1. The number of hydrogen-bond acceptors (Lipinski definition) is 4. The van der Waals surface area contributed by atoms with Crippen molar-refractivity contribution in [2.75, 3.05) is 5.32 Å². The molecule has 1 rings (SSSR count). The lowest BCUT2D eigenvalue weighted by Crippen LogP contribution is -2.25. The summed E-state index contributed by atoms with van der Waals surface area (Å²) in [7, 11) is 0. The highest BCUT2D eigenvalue weighted by molar-refractivity contribution is 5.57. The van der Waals surface area contributed by atoms with Gasteiger partial charge in [-0.2, -0.15) is 0 Å². The standard InChI is InChI=1S/C12H19N3O2/c1-4-10(5-2)9(3)14-11-7-6-8-13-12(11)15(16)17/h6-10,14H,4-5H2,1-3H3. The molecule has 5 heteroatoms. The van der Waals surface area contributed by atoms with Gasteiger partial charge in [0.1, 0.15) is 11.9 Å². The van der Waals surface area contributed by atoms with Crippen LogP contribution in [0.15, 0.2) is 18.3 Å². The first-order valence-corrected chi connectivity index (χ1v) is 5.96. The molecule has 0 radical (unpaired) electrons. The number of anilines is 1. The second-order valence-corrected chi connectivity index (χ2v) is 4.14. The summed E-state index contributed by atoms with van der Waals surface area (Å²) in [5.74, 6) is 0.403. The zero-order valence-electron chi connectivity index (χ0n) is 10.5. The van der Waals surface area contributed by atoms with Crippen LogP contribution >= 0.6 is 0 Å². The van der Waals surface area contributed by atoms with Gasteiger partial charge in [0.25, 0.3) is 0 Å². The number of pyridine rings is 1. The molecular formula is C12H19N3O2. The van der Waals surface area contributed by atoms with Gasteiger partial charge in [-0.05, 0) is 34.9 Å². The summed E-state index contributed by atoms with van der Waals surface area (Å²) in [5.41, 5.74) is 0.497. The topological polar surface area (TPSA) is 68.1 Å². The van der Waals surface area contributed by atoms with Crippen molar-refractivity contribution >= 4 is 11.5 Å². The Morgan fingerprint density at radius 3 is 2.65 bits per heavy atom. The molecule has 1 heterocycles. The van der Waals surface area contributed by atoms with E-state index in [9.17, 15) is 10.1 Å². The molecule has 0 saturated heterocycles. The third-order valence-corrected chi connectivity index (χ3v) is 3.10. The minimum atomic E-state index is -0.456. The fourth-order valence-electron chi connectivity index (χ4n) is 2.01. The van der Waals surface area contributed by atoms with E-state index in [4.69, 9.17) is 0 Å². The lowest BCUT2D eigenvalue weighted by Gasteiger charge is -2.23. The predicted octanol–water partition coefficient (Wildman–Crippen LogP) is 3.23. The van der Waals surface area contributed by atoms with Crippen LogP contribution < -0.4 is 5.32 Å². The second kappa shape index (κ2) is 6.18. The maximum Gasteiger partial charge on any atom is 0.386 e. The average molecular weight is 237 g/mol. The van der Waals surface area contributed by atoms with E-state index in [0.29, 0.717) is 11.6 Å². The van der Waals surface area contributed by atoms with Crippen molar-refractivity contribution in [2.45, 2.75) is 39.7 Å². The Kier molecular flexibility index (Phi) is 4.87. The molecule has 0 spiro atoms. The molecule has 94 valence electrons. The molecule has 5 nitrogen and oxygen atoms in total. The molecule has 0 aromatic carbocycles. The highest BCUT2D eigenvalue weighted by Gasteiger charge is 2.19. The summed E-state index contributed by atoms with van der Waals surface area (Å²) in [5, 5.41) is 14.0. The van der Waals surface area contributed by atoms with Crippen LogP contribution in [0.5, 0.6) is 0 Å². The summed E-state index contributed by atoms with van der Waals surface area (Å²) in [6.07, 6.45) is 3.54. The van der Waals surface area contributed by atoms with Gasteiger partial charge in [-0.3, -0.25) is 0 Å². The van der Waals surface area contributed by atoms with Gasteiger partial charge in [-0.1, -0.05) is 26.7 Å². The monoisotopic (exact) mass is 237 g/mol. The van der Waals surface area contributed by atoms with Crippen LogP contribution in [0.25, 0.3) is 0 Å². The molecule has 0 aliphatic heterocycles. The number of aromatic nitrogens is 1. The number of rotatable bonds is 6. The zero-order valence-corrected chi connectivity index (χ0v) is 10.5. The number of nitrogens with one attached hydrogen (secondary N) is 1. The molecule has 1 atom stereocenters. The molecule has 0 saturated carbocycles. The number of hydrogen-bond donors (Lipinski definition) is 1. The van der Waals surface area contributed by atoms with Crippen molar-refractivity contribution in [2.24, 2.45) is 5.92 Å². The van der Waals surface area contributed by atoms with Gasteiger partial charge in [0.2, 0.25) is 0 Å². The fraction of sp³-hybridized carbons (Fsp3) is 0.583. The van der Waals surface area contributed by atoms with E-state index >= 15 is 0 Å². The minimum absolute atomic E-state index is 0.106.